The molecule has 0 saturated carbocycles. The van der Waals surface area contributed by atoms with Crippen LogP contribution in [-0.2, 0) is 5.41 Å². The van der Waals surface area contributed by atoms with Gasteiger partial charge in [0.25, 0.3) is 0 Å². The summed E-state index contributed by atoms with van der Waals surface area (Å²) in [5.74, 6) is 0.685. The van der Waals surface area contributed by atoms with Crippen LogP contribution >= 0.6 is 0 Å². The van der Waals surface area contributed by atoms with E-state index in [1.54, 1.807) is 0 Å². The van der Waals surface area contributed by atoms with Gasteiger partial charge >= 0.3 is 0 Å². The topological polar surface area (TPSA) is 40.5 Å². The van der Waals surface area contributed by atoms with Gasteiger partial charge in [0.1, 0.15) is 11.5 Å². The maximum Gasteiger partial charge on any atom is 0.121 e. The molecule has 134 valence electrons. The van der Waals surface area contributed by atoms with Crippen molar-refractivity contribution in [3.05, 3.63) is 93.5 Å². The highest BCUT2D eigenvalue weighted by Gasteiger charge is 2.34. The van der Waals surface area contributed by atoms with E-state index in [2.05, 4.69) is 25.1 Å². The van der Waals surface area contributed by atoms with Gasteiger partial charge in [-0.25, -0.2) is 0 Å². The van der Waals surface area contributed by atoms with Crippen LogP contribution in [0, 0.1) is 27.7 Å². The average molecular weight is 346 g/mol. The summed E-state index contributed by atoms with van der Waals surface area (Å²) in [7, 11) is 0. The largest absolute Gasteiger partial charge is 0.507 e. The molecule has 0 amide bonds. The summed E-state index contributed by atoms with van der Waals surface area (Å²) in [6, 6.07) is 18.5. The van der Waals surface area contributed by atoms with E-state index >= 15 is 0 Å². The highest BCUT2D eigenvalue weighted by atomic mass is 16.3. The SMILES string of the molecule is Cc1cc(C(C)(c2ccccc2)c2ccc(C)c(O)c2C)cc(C)c1O. The Morgan fingerprint density at radius 1 is 0.654 bits per heavy atom. The Bertz CT molecular complexity index is 934. The van der Waals surface area contributed by atoms with E-state index in [-0.39, 0.29) is 0 Å². The number of phenols is 2. The number of hydrogen-bond acceptors (Lipinski definition) is 2. The fraction of sp³-hybridized carbons (Fsp3) is 0.250. The molecule has 2 heteroatoms. The first-order chi connectivity index (χ1) is 12.3. The summed E-state index contributed by atoms with van der Waals surface area (Å²) in [5.41, 5.74) is 6.35. The number of rotatable bonds is 3. The van der Waals surface area contributed by atoms with E-state index in [4.69, 9.17) is 0 Å². The van der Waals surface area contributed by atoms with E-state index < -0.39 is 5.41 Å². The zero-order valence-corrected chi connectivity index (χ0v) is 16.1. The Balaban J connectivity index is 2.38. The molecule has 3 aromatic carbocycles. The van der Waals surface area contributed by atoms with E-state index in [1.165, 1.54) is 0 Å². The molecule has 0 spiro atoms. The minimum absolute atomic E-state index is 0.340. The molecule has 3 rings (SSSR count). The Morgan fingerprint density at radius 2 is 1.23 bits per heavy atom. The van der Waals surface area contributed by atoms with Crippen molar-refractivity contribution < 1.29 is 10.2 Å². The molecule has 1 atom stereocenters. The lowest BCUT2D eigenvalue weighted by Gasteiger charge is -2.34. The molecule has 0 aromatic heterocycles. The third kappa shape index (κ3) is 2.76. The van der Waals surface area contributed by atoms with Gasteiger partial charge in [-0.1, -0.05) is 54.6 Å². The average Bonchev–Trinajstić information content (AvgIpc) is 2.64. The molecule has 0 bridgehead atoms. The Morgan fingerprint density at radius 3 is 1.81 bits per heavy atom. The van der Waals surface area contributed by atoms with Crippen molar-refractivity contribution in [2.45, 2.75) is 40.0 Å². The Hall–Kier alpha value is -2.74. The minimum Gasteiger partial charge on any atom is -0.507 e. The molecular weight excluding hydrogens is 320 g/mol. The van der Waals surface area contributed by atoms with Crippen molar-refractivity contribution in [2.24, 2.45) is 0 Å². The van der Waals surface area contributed by atoms with Crippen molar-refractivity contribution in [1.82, 2.24) is 0 Å². The van der Waals surface area contributed by atoms with Crippen LogP contribution in [0.3, 0.4) is 0 Å². The molecule has 0 aliphatic carbocycles. The van der Waals surface area contributed by atoms with Crippen molar-refractivity contribution in [1.29, 1.82) is 0 Å². The summed E-state index contributed by atoms with van der Waals surface area (Å²) in [6.45, 7) is 9.93. The fourth-order valence-electron chi connectivity index (χ4n) is 3.87. The van der Waals surface area contributed by atoms with Crippen LogP contribution in [0.1, 0.15) is 45.9 Å². The number of benzene rings is 3. The molecule has 0 fully saturated rings. The molecule has 3 aromatic rings. The van der Waals surface area contributed by atoms with Gasteiger partial charge in [0.15, 0.2) is 0 Å². The summed E-state index contributed by atoms with van der Waals surface area (Å²) in [5, 5.41) is 20.8. The first-order valence-electron chi connectivity index (χ1n) is 8.92. The van der Waals surface area contributed by atoms with Crippen LogP contribution in [0.4, 0.5) is 0 Å². The molecule has 26 heavy (non-hydrogen) atoms. The first kappa shape index (κ1) is 18.1. The van der Waals surface area contributed by atoms with Crippen molar-refractivity contribution in [3.63, 3.8) is 0 Å². The van der Waals surface area contributed by atoms with Crippen LogP contribution in [0.5, 0.6) is 11.5 Å². The van der Waals surface area contributed by atoms with Crippen molar-refractivity contribution >= 4 is 0 Å². The first-order valence-corrected chi connectivity index (χ1v) is 8.92. The molecule has 2 N–H and O–H groups in total. The molecule has 0 aliphatic rings. The zero-order chi connectivity index (χ0) is 19.1. The van der Waals surface area contributed by atoms with Crippen LogP contribution in [0.15, 0.2) is 54.6 Å². The van der Waals surface area contributed by atoms with E-state index in [9.17, 15) is 10.2 Å². The van der Waals surface area contributed by atoms with E-state index in [0.29, 0.717) is 11.5 Å². The predicted molar refractivity (Wildman–Crippen MR) is 107 cm³/mol. The van der Waals surface area contributed by atoms with Gasteiger partial charge in [0.2, 0.25) is 0 Å². The number of phenolic OH excluding ortho intramolecular Hbond substituents is 2. The number of aromatic hydroxyl groups is 2. The minimum atomic E-state index is -0.445. The molecule has 0 heterocycles. The molecule has 1 unspecified atom stereocenters. The standard InChI is InChI=1S/C24H26O2/c1-15-11-12-21(18(4)23(15)26)24(5,19-9-7-6-8-10-19)20-13-16(2)22(25)17(3)14-20/h6-14,25-26H,1-5H3. The summed E-state index contributed by atoms with van der Waals surface area (Å²) >= 11 is 0. The maximum atomic E-state index is 10.6. The predicted octanol–water partition coefficient (Wildman–Crippen LogP) is 5.69. The number of aryl methyl sites for hydroxylation is 3. The fourth-order valence-corrected chi connectivity index (χ4v) is 3.87. The van der Waals surface area contributed by atoms with E-state index in [1.807, 2.05) is 64.1 Å². The molecular formula is C24H26O2. The third-order valence-corrected chi connectivity index (χ3v) is 5.59. The van der Waals surface area contributed by atoms with Gasteiger partial charge < -0.3 is 10.2 Å². The van der Waals surface area contributed by atoms with Gasteiger partial charge in [-0.2, -0.15) is 0 Å². The van der Waals surface area contributed by atoms with Gasteiger partial charge in [-0.15, -0.1) is 0 Å². The van der Waals surface area contributed by atoms with Gasteiger partial charge in [0.05, 0.1) is 0 Å². The summed E-state index contributed by atoms with van der Waals surface area (Å²) < 4.78 is 0. The third-order valence-electron chi connectivity index (χ3n) is 5.59. The second kappa shape index (κ2) is 6.53. The highest BCUT2D eigenvalue weighted by Crippen LogP contribution is 2.44. The second-order valence-electron chi connectivity index (χ2n) is 7.35. The Labute approximate surface area is 155 Å². The van der Waals surface area contributed by atoms with Gasteiger partial charge in [-0.3, -0.25) is 0 Å². The lowest BCUT2D eigenvalue weighted by atomic mass is 9.69. The second-order valence-corrected chi connectivity index (χ2v) is 7.35. The summed E-state index contributed by atoms with van der Waals surface area (Å²) in [6.07, 6.45) is 0. The number of hydrogen-bond donors (Lipinski definition) is 2. The van der Waals surface area contributed by atoms with Crippen LogP contribution < -0.4 is 0 Å². The zero-order valence-electron chi connectivity index (χ0n) is 16.1. The molecule has 0 saturated heterocycles. The van der Waals surface area contributed by atoms with Gasteiger partial charge in [0, 0.05) is 5.41 Å². The van der Waals surface area contributed by atoms with Crippen LogP contribution in [0.2, 0.25) is 0 Å². The lowest BCUT2D eigenvalue weighted by molar-refractivity contribution is 0.462. The van der Waals surface area contributed by atoms with Crippen molar-refractivity contribution in [2.75, 3.05) is 0 Å². The smallest absolute Gasteiger partial charge is 0.121 e. The van der Waals surface area contributed by atoms with E-state index in [0.717, 1.165) is 38.9 Å². The highest BCUT2D eigenvalue weighted by molar-refractivity contribution is 5.58. The van der Waals surface area contributed by atoms with Gasteiger partial charge in [-0.05, 0) is 73.6 Å². The normalized spacial score (nSPS) is 13.4. The summed E-state index contributed by atoms with van der Waals surface area (Å²) in [4.78, 5) is 0. The Kier molecular flexibility index (Phi) is 4.53. The quantitative estimate of drug-likeness (QED) is 0.598. The monoisotopic (exact) mass is 346 g/mol. The van der Waals surface area contributed by atoms with Crippen LogP contribution in [-0.4, -0.2) is 10.2 Å². The van der Waals surface area contributed by atoms with Crippen LogP contribution in [0.25, 0.3) is 0 Å². The van der Waals surface area contributed by atoms with Crippen molar-refractivity contribution in [3.8, 4) is 11.5 Å². The molecule has 0 aliphatic heterocycles. The molecule has 2 nitrogen and oxygen atoms in total. The maximum absolute atomic E-state index is 10.6. The lowest BCUT2D eigenvalue weighted by Crippen LogP contribution is -2.27. The molecule has 0 radical (unpaired) electrons.